The maximum atomic E-state index is 14.5. The van der Waals surface area contributed by atoms with Crippen LogP contribution < -0.4 is 9.47 Å². The number of ether oxygens (including phenoxy) is 2. The Morgan fingerprint density at radius 1 is 0.622 bits per heavy atom. The fourth-order valence-electron chi connectivity index (χ4n) is 4.39. The van der Waals surface area contributed by atoms with Crippen molar-refractivity contribution >= 4 is 0 Å². The summed E-state index contributed by atoms with van der Waals surface area (Å²) < 4.78 is 98.0. The van der Waals surface area contributed by atoms with Crippen molar-refractivity contribution in [2.75, 3.05) is 0 Å². The SMILES string of the molecule is Cc1ccc(OC2=CCC(C(c3ccc(Oc4ccc(C)cc4)cc3)(C(F)(F)F)C(F)(F)F)C=C2)cc1. The molecule has 8 heteroatoms. The summed E-state index contributed by atoms with van der Waals surface area (Å²) in [4.78, 5) is 0. The molecule has 0 fully saturated rings. The Morgan fingerprint density at radius 2 is 1.05 bits per heavy atom. The van der Waals surface area contributed by atoms with Gasteiger partial charge < -0.3 is 9.47 Å². The Kier molecular flexibility index (Phi) is 7.13. The fourth-order valence-corrected chi connectivity index (χ4v) is 4.39. The van der Waals surface area contributed by atoms with E-state index in [4.69, 9.17) is 9.47 Å². The molecule has 2 nitrogen and oxygen atoms in total. The van der Waals surface area contributed by atoms with E-state index in [1.807, 2.05) is 13.8 Å². The molecular weight excluding hydrogens is 494 g/mol. The molecule has 0 N–H and O–H groups in total. The van der Waals surface area contributed by atoms with Crippen LogP contribution >= 0.6 is 0 Å². The van der Waals surface area contributed by atoms with Gasteiger partial charge in [0.1, 0.15) is 23.0 Å². The van der Waals surface area contributed by atoms with Crippen LogP contribution in [0.2, 0.25) is 0 Å². The second-order valence-corrected chi connectivity index (χ2v) is 8.97. The van der Waals surface area contributed by atoms with Gasteiger partial charge in [0, 0.05) is 5.92 Å². The molecular formula is C29H24F6O2. The lowest BCUT2D eigenvalue weighted by Gasteiger charge is -2.43. The van der Waals surface area contributed by atoms with Crippen LogP contribution in [0.15, 0.2) is 96.8 Å². The first-order valence-electron chi connectivity index (χ1n) is 11.5. The molecule has 0 radical (unpaired) electrons. The van der Waals surface area contributed by atoms with E-state index in [2.05, 4.69) is 0 Å². The number of allylic oxidation sites excluding steroid dienone is 3. The minimum atomic E-state index is -5.62. The Balaban J connectivity index is 1.64. The van der Waals surface area contributed by atoms with Gasteiger partial charge in [0.05, 0.1) is 0 Å². The second-order valence-electron chi connectivity index (χ2n) is 8.97. The molecule has 3 aromatic carbocycles. The quantitative estimate of drug-likeness (QED) is 0.303. The normalized spacial score (nSPS) is 16.3. The number of rotatable bonds is 6. The number of aryl methyl sites for hydroxylation is 2. The minimum Gasteiger partial charge on any atom is -0.458 e. The summed E-state index contributed by atoms with van der Waals surface area (Å²) in [5, 5.41) is 0. The van der Waals surface area contributed by atoms with Gasteiger partial charge in [-0.2, -0.15) is 26.3 Å². The third kappa shape index (κ3) is 5.38. The molecule has 0 spiro atoms. The molecule has 1 atom stereocenters. The van der Waals surface area contributed by atoms with Crippen molar-refractivity contribution in [1.29, 1.82) is 0 Å². The van der Waals surface area contributed by atoms with Gasteiger partial charge in [0.15, 0.2) is 5.41 Å². The number of alkyl halides is 6. The zero-order chi connectivity index (χ0) is 26.8. The van der Waals surface area contributed by atoms with Crippen LogP contribution in [-0.4, -0.2) is 12.4 Å². The number of hydrogen-bond acceptors (Lipinski definition) is 2. The van der Waals surface area contributed by atoms with Gasteiger partial charge in [-0.3, -0.25) is 0 Å². The molecule has 3 aromatic rings. The number of hydrogen-bond donors (Lipinski definition) is 0. The van der Waals surface area contributed by atoms with Crippen LogP contribution in [0.1, 0.15) is 23.1 Å². The smallest absolute Gasteiger partial charge is 0.407 e. The molecule has 0 aromatic heterocycles. The van der Waals surface area contributed by atoms with Crippen molar-refractivity contribution in [3.8, 4) is 17.2 Å². The van der Waals surface area contributed by atoms with Crippen LogP contribution in [0, 0.1) is 19.8 Å². The van der Waals surface area contributed by atoms with Gasteiger partial charge in [-0.1, -0.05) is 53.6 Å². The molecule has 4 rings (SSSR count). The van der Waals surface area contributed by atoms with Crippen LogP contribution in [0.5, 0.6) is 17.2 Å². The lowest BCUT2D eigenvalue weighted by molar-refractivity contribution is -0.314. The highest BCUT2D eigenvalue weighted by Gasteiger charge is 2.74. The summed E-state index contributed by atoms with van der Waals surface area (Å²) in [6.07, 6.45) is -8.41. The van der Waals surface area contributed by atoms with Crippen molar-refractivity contribution in [2.24, 2.45) is 5.92 Å². The maximum Gasteiger partial charge on any atom is 0.407 e. The second kappa shape index (κ2) is 10.00. The Morgan fingerprint density at radius 3 is 1.46 bits per heavy atom. The predicted molar refractivity (Wildman–Crippen MR) is 129 cm³/mol. The summed E-state index contributed by atoms with van der Waals surface area (Å²) in [6.45, 7) is 3.75. The van der Waals surface area contributed by atoms with Crippen molar-refractivity contribution in [3.05, 3.63) is 113 Å². The van der Waals surface area contributed by atoms with Crippen LogP contribution in [0.4, 0.5) is 26.3 Å². The average molecular weight is 518 g/mol. The van der Waals surface area contributed by atoms with E-state index in [0.717, 1.165) is 47.5 Å². The third-order valence-corrected chi connectivity index (χ3v) is 6.34. The van der Waals surface area contributed by atoms with Gasteiger partial charge in [-0.15, -0.1) is 0 Å². The molecule has 1 unspecified atom stereocenters. The lowest BCUT2D eigenvalue weighted by atomic mass is 9.66. The highest BCUT2D eigenvalue weighted by molar-refractivity contribution is 5.41. The molecule has 0 amide bonds. The average Bonchev–Trinajstić information content (AvgIpc) is 2.83. The first-order valence-corrected chi connectivity index (χ1v) is 11.5. The molecule has 0 saturated heterocycles. The molecule has 0 aliphatic heterocycles. The number of benzene rings is 3. The van der Waals surface area contributed by atoms with Crippen molar-refractivity contribution in [1.82, 2.24) is 0 Å². The van der Waals surface area contributed by atoms with Crippen molar-refractivity contribution in [3.63, 3.8) is 0 Å². The van der Waals surface area contributed by atoms with E-state index in [1.165, 1.54) is 6.08 Å². The summed E-state index contributed by atoms with van der Waals surface area (Å²) in [6, 6.07) is 17.7. The Bertz CT molecular complexity index is 1250. The predicted octanol–water partition coefficient (Wildman–Crippen LogP) is 9.00. The zero-order valence-electron chi connectivity index (χ0n) is 20.0. The summed E-state index contributed by atoms with van der Waals surface area (Å²) in [5.41, 5.74) is -3.07. The fraction of sp³-hybridized carbons (Fsp3) is 0.241. The van der Waals surface area contributed by atoms with Crippen molar-refractivity contribution < 1.29 is 35.8 Å². The van der Waals surface area contributed by atoms with Gasteiger partial charge in [-0.05, 0) is 74.4 Å². The highest BCUT2D eigenvalue weighted by atomic mass is 19.4. The molecule has 37 heavy (non-hydrogen) atoms. The van der Waals surface area contributed by atoms with Crippen LogP contribution in [-0.2, 0) is 5.41 Å². The maximum absolute atomic E-state index is 14.5. The highest BCUT2D eigenvalue weighted by Crippen LogP contribution is 2.58. The van der Waals surface area contributed by atoms with E-state index in [9.17, 15) is 26.3 Å². The molecule has 0 saturated carbocycles. The van der Waals surface area contributed by atoms with Gasteiger partial charge >= 0.3 is 12.4 Å². The number of halogens is 6. The van der Waals surface area contributed by atoms with E-state index in [1.54, 1.807) is 48.5 Å². The standard InChI is InChI=1S/C29H24F6O2/c1-19-3-11-23(12-4-19)36-25-15-7-21(8-16-25)27(28(30,31)32,29(33,34)35)22-9-17-26(18-10-22)37-24-13-5-20(2)6-14-24/h3-9,11-18,22H,10H2,1-2H3. The van der Waals surface area contributed by atoms with Gasteiger partial charge in [0.25, 0.3) is 0 Å². The Labute approximate surface area is 210 Å². The van der Waals surface area contributed by atoms with Crippen molar-refractivity contribution in [2.45, 2.75) is 38.0 Å². The van der Waals surface area contributed by atoms with E-state index >= 15 is 0 Å². The largest absolute Gasteiger partial charge is 0.458 e. The summed E-state index contributed by atoms with van der Waals surface area (Å²) in [5.74, 6) is -0.777. The third-order valence-electron chi connectivity index (χ3n) is 6.34. The lowest BCUT2D eigenvalue weighted by Crippen LogP contribution is -2.58. The first-order chi connectivity index (χ1) is 17.4. The van der Waals surface area contributed by atoms with Gasteiger partial charge in [-0.25, -0.2) is 0 Å². The van der Waals surface area contributed by atoms with Crippen LogP contribution in [0.25, 0.3) is 0 Å². The van der Waals surface area contributed by atoms with E-state index in [0.29, 0.717) is 11.5 Å². The molecule has 0 bridgehead atoms. The summed E-state index contributed by atoms with van der Waals surface area (Å²) in [7, 11) is 0. The first kappa shape index (κ1) is 26.4. The minimum absolute atomic E-state index is 0.124. The van der Waals surface area contributed by atoms with E-state index < -0.39 is 35.7 Å². The molecule has 194 valence electrons. The molecule has 0 heterocycles. The van der Waals surface area contributed by atoms with E-state index in [-0.39, 0.29) is 11.5 Å². The molecule has 1 aliphatic rings. The monoisotopic (exact) mass is 518 g/mol. The summed E-state index contributed by atoms with van der Waals surface area (Å²) >= 11 is 0. The topological polar surface area (TPSA) is 18.5 Å². The molecule has 1 aliphatic carbocycles. The Hall–Kier alpha value is -3.68. The zero-order valence-corrected chi connectivity index (χ0v) is 20.0. The van der Waals surface area contributed by atoms with Gasteiger partial charge in [0.2, 0.25) is 0 Å². The van der Waals surface area contributed by atoms with Crippen LogP contribution in [0.3, 0.4) is 0 Å².